The average molecular weight is 621 g/mol. The summed E-state index contributed by atoms with van der Waals surface area (Å²) in [7, 11) is 0. The maximum absolute atomic E-state index is 11.0. The Kier molecular flexibility index (Phi) is 11.5. The van der Waals surface area contributed by atoms with E-state index in [2.05, 4.69) is 0 Å². The van der Waals surface area contributed by atoms with Crippen LogP contribution in [-0.2, 0) is 33.2 Å². The van der Waals surface area contributed by atoms with Crippen LogP contribution < -0.4 is 0 Å². The van der Waals surface area contributed by atoms with E-state index in [1.165, 1.54) is 6.92 Å². The van der Waals surface area contributed by atoms with Gasteiger partial charge in [0.15, 0.2) is 25.2 Å². The molecule has 4 heterocycles. The zero-order valence-corrected chi connectivity index (χ0v) is 22.3. The molecule has 0 spiro atoms. The summed E-state index contributed by atoms with van der Waals surface area (Å²) in [5, 5.41) is 122. The first-order chi connectivity index (χ1) is 19.8. The highest BCUT2D eigenvalue weighted by Gasteiger charge is 2.53. The van der Waals surface area contributed by atoms with E-state index >= 15 is 0 Å². The van der Waals surface area contributed by atoms with Crippen molar-refractivity contribution in [3.8, 4) is 0 Å². The Bertz CT molecular complexity index is 853. The van der Waals surface area contributed by atoms with E-state index in [1.54, 1.807) is 0 Å². The molecule has 4 rings (SSSR count). The van der Waals surface area contributed by atoms with Gasteiger partial charge in [-0.2, -0.15) is 0 Å². The van der Waals surface area contributed by atoms with Crippen LogP contribution in [-0.4, -0.2) is 198 Å². The normalized spacial score (nSPS) is 54.1. The van der Waals surface area contributed by atoms with Gasteiger partial charge in [0.2, 0.25) is 0 Å². The fourth-order valence-corrected chi connectivity index (χ4v) is 5.13. The minimum absolute atomic E-state index is 0.517. The Morgan fingerprint density at radius 3 is 1.62 bits per heavy atom. The molecule has 4 aliphatic rings. The van der Waals surface area contributed by atoms with Crippen LogP contribution in [0.3, 0.4) is 0 Å². The molecule has 0 saturated carbocycles. The van der Waals surface area contributed by atoms with Gasteiger partial charge in [-0.15, -0.1) is 0 Å². The fraction of sp³-hybridized carbons (Fsp3) is 1.00. The standard InChI is InChI=1S/C23H40O19/c1-5-9(26)13(30)16(33)21(37-5)42-19-15(32)11(28)7(3-25)39-23(19)40-8-4-36-20(35)18(12(8)29)41-22-17(34)14(31)10(27)6(2-24)38-22/h5-35H,2-4H2,1H3/t5-,6+,7+,8-,9-,10+,11+,12-,13+,14-,15-,16+,17+,18+,19+,20+,21-,22-,23-/m0/s1. The summed E-state index contributed by atoms with van der Waals surface area (Å²) in [6, 6.07) is 0. The summed E-state index contributed by atoms with van der Waals surface area (Å²) in [5.41, 5.74) is 0. The summed E-state index contributed by atoms with van der Waals surface area (Å²) < 4.78 is 38.2. The van der Waals surface area contributed by atoms with Crippen molar-refractivity contribution in [2.24, 2.45) is 0 Å². The molecule has 4 fully saturated rings. The van der Waals surface area contributed by atoms with Crippen LogP contribution in [0.4, 0.5) is 0 Å². The second-order valence-electron chi connectivity index (χ2n) is 10.7. The third kappa shape index (κ3) is 6.74. The van der Waals surface area contributed by atoms with E-state index in [0.29, 0.717) is 0 Å². The summed E-state index contributed by atoms with van der Waals surface area (Å²) in [5.74, 6) is 0. The van der Waals surface area contributed by atoms with Crippen molar-refractivity contribution in [1.82, 2.24) is 0 Å². The Balaban J connectivity index is 1.49. The van der Waals surface area contributed by atoms with Gasteiger partial charge < -0.3 is 94.4 Å². The molecule has 0 radical (unpaired) electrons. The number of aliphatic hydroxyl groups excluding tert-OH is 12. The fourth-order valence-electron chi connectivity index (χ4n) is 5.13. The zero-order chi connectivity index (χ0) is 31.0. The summed E-state index contributed by atoms with van der Waals surface area (Å²) >= 11 is 0. The molecular weight excluding hydrogens is 580 g/mol. The lowest BCUT2D eigenvalue weighted by atomic mass is 9.97. The minimum Gasteiger partial charge on any atom is -0.394 e. The molecular formula is C23H40O19. The number of rotatable bonds is 8. The van der Waals surface area contributed by atoms with Crippen molar-refractivity contribution in [1.29, 1.82) is 0 Å². The van der Waals surface area contributed by atoms with Crippen LogP contribution in [0.2, 0.25) is 0 Å². The van der Waals surface area contributed by atoms with E-state index < -0.39 is 137 Å². The summed E-state index contributed by atoms with van der Waals surface area (Å²) in [4.78, 5) is 0. The van der Waals surface area contributed by atoms with Crippen LogP contribution in [0.5, 0.6) is 0 Å². The van der Waals surface area contributed by atoms with Crippen LogP contribution in [0.15, 0.2) is 0 Å². The smallest absolute Gasteiger partial charge is 0.187 e. The molecule has 0 unspecified atom stereocenters. The van der Waals surface area contributed by atoms with E-state index in [4.69, 9.17) is 33.2 Å². The Morgan fingerprint density at radius 2 is 1.02 bits per heavy atom. The number of ether oxygens (including phenoxy) is 7. The topological polar surface area (TPSA) is 307 Å². The van der Waals surface area contributed by atoms with Crippen molar-refractivity contribution < 1.29 is 94.4 Å². The zero-order valence-electron chi connectivity index (χ0n) is 22.3. The van der Waals surface area contributed by atoms with Crippen molar-refractivity contribution in [3.63, 3.8) is 0 Å². The van der Waals surface area contributed by atoms with Crippen LogP contribution >= 0.6 is 0 Å². The van der Waals surface area contributed by atoms with Gasteiger partial charge in [0, 0.05) is 0 Å². The molecule has 12 N–H and O–H groups in total. The summed E-state index contributed by atoms with van der Waals surface area (Å²) in [6.07, 6.45) is -31.4. The van der Waals surface area contributed by atoms with E-state index in [9.17, 15) is 61.3 Å². The minimum atomic E-state index is -1.87. The maximum atomic E-state index is 11.0. The maximum Gasteiger partial charge on any atom is 0.187 e. The highest BCUT2D eigenvalue weighted by molar-refractivity contribution is 4.95. The molecule has 0 aromatic rings. The van der Waals surface area contributed by atoms with E-state index in [1.807, 2.05) is 0 Å². The Morgan fingerprint density at radius 1 is 0.524 bits per heavy atom. The molecule has 42 heavy (non-hydrogen) atoms. The van der Waals surface area contributed by atoms with E-state index in [-0.39, 0.29) is 0 Å². The van der Waals surface area contributed by atoms with E-state index in [0.717, 1.165) is 0 Å². The van der Waals surface area contributed by atoms with Crippen LogP contribution in [0.25, 0.3) is 0 Å². The molecule has 0 bridgehead atoms. The van der Waals surface area contributed by atoms with Crippen LogP contribution in [0.1, 0.15) is 6.92 Å². The SMILES string of the molecule is C[C@@H]1O[C@@H](O[C@H]2[C@H](O[C@H]3CO[C@@H](O)[C@H](O[C@@H]4O[C@H](CO)[C@@H](O)[C@H](O)[C@H]4O)[C@H]3O)O[C@H](CO)[C@@H](O)[C@@H]2O)[C@H](O)[C@H](O)[C@H]1O. The third-order valence-electron chi connectivity index (χ3n) is 7.80. The van der Waals surface area contributed by atoms with Crippen LogP contribution in [0, 0.1) is 0 Å². The molecule has 0 aromatic carbocycles. The number of hydrogen-bond donors (Lipinski definition) is 12. The average Bonchev–Trinajstić information content (AvgIpc) is 2.97. The van der Waals surface area contributed by atoms with Crippen molar-refractivity contribution >= 4 is 0 Å². The molecule has 19 atom stereocenters. The van der Waals surface area contributed by atoms with Gasteiger partial charge in [-0.25, -0.2) is 0 Å². The lowest BCUT2D eigenvalue weighted by molar-refractivity contribution is -0.388. The number of aliphatic hydroxyl groups is 12. The van der Waals surface area contributed by atoms with Gasteiger partial charge in [-0.1, -0.05) is 0 Å². The predicted molar refractivity (Wildman–Crippen MR) is 126 cm³/mol. The van der Waals surface area contributed by atoms with Gasteiger partial charge in [0.1, 0.15) is 85.5 Å². The Labute approximate surface area is 238 Å². The lowest BCUT2D eigenvalue weighted by Gasteiger charge is -2.48. The Hall–Kier alpha value is -0.760. The molecule has 4 saturated heterocycles. The van der Waals surface area contributed by atoms with Gasteiger partial charge in [0.05, 0.1) is 25.9 Å². The molecule has 246 valence electrons. The van der Waals surface area contributed by atoms with Crippen molar-refractivity contribution in [3.05, 3.63) is 0 Å². The summed E-state index contributed by atoms with van der Waals surface area (Å²) in [6.45, 7) is -0.695. The third-order valence-corrected chi connectivity index (χ3v) is 7.80. The molecule has 19 heteroatoms. The second-order valence-corrected chi connectivity index (χ2v) is 10.7. The van der Waals surface area contributed by atoms with Crippen molar-refractivity contribution in [2.45, 2.75) is 124 Å². The van der Waals surface area contributed by atoms with Gasteiger partial charge >= 0.3 is 0 Å². The molecule has 19 nitrogen and oxygen atoms in total. The molecule has 4 aliphatic heterocycles. The van der Waals surface area contributed by atoms with Crippen molar-refractivity contribution in [2.75, 3.05) is 19.8 Å². The molecule has 0 aliphatic carbocycles. The number of hydrogen-bond acceptors (Lipinski definition) is 19. The second kappa shape index (κ2) is 14.1. The molecule has 0 amide bonds. The van der Waals surface area contributed by atoms with Gasteiger partial charge in [0.25, 0.3) is 0 Å². The highest BCUT2D eigenvalue weighted by Crippen LogP contribution is 2.33. The first-order valence-electron chi connectivity index (χ1n) is 13.4. The first kappa shape index (κ1) is 34.1. The largest absolute Gasteiger partial charge is 0.394 e. The predicted octanol–water partition coefficient (Wildman–Crippen LogP) is -8.08. The van der Waals surface area contributed by atoms with Gasteiger partial charge in [-0.05, 0) is 6.92 Å². The quantitative estimate of drug-likeness (QED) is 0.120. The lowest BCUT2D eigenvalue weighted by Crippen LogP contribution is -2.66. The first-order valence-corrected chi connectivity index (χ1v) is 13.4. The van der Waals surface area contributed by atoms with Gasteiger partial charge in [-0.3, -0.25) is 0 Å². The monoisotopic (exact) mass is 620 g/mol. The highest BCUT2D eigenvalue weighted by atomic mass is 16.8. The molecule has 0 aromatic heterocycles.